The fourth-order valence-electron chi connectivity index (χ4n) is 4.84. The van der Waals surface area contributed by atoms with E-state index in [-0.39, 0.29) is 24.0 Å². The van der Waals surface area contributed by atoms with E-state index in [4.69, 9.17) is 16.3 Å². The van der Waals surface area contributed by atoms with Crippen LogP contribution in [0.1, 0.15) is 19.3 Å². The van der Waals surface area contributed by atoms with Crippen molar-refractivity contribution in [3.05, 3.63) is 29.3 Å². The minimum atomic E-state index is 0. The zero-order valence-electron chi connectivity index (χ0n) is 18.0. The topological polar surface area (TPSA) is 43.3 Å². The van der Waals surface area contributed by atoms with Gasteiger partial charge >= 0.3 is 0 Å². The number of anilines is 1. The van der Waals surface area contributed by atoms with Crippen molar-refractivity contribution in [3.63, 3.8) is 0 Å². The van der Waals surface area contributed by atoms with E-state index in [0.29, 0.717) is 5.41 Å². The number of hydrogen-bond donors (Lipinski definition) is 1. The molecule has 0 aliphatic carbocycles. The van der Waals surface area contributed by atoms with Crippen LogP contribution < -0.4 is 10.2 Å². The van der Waals surface area contributed by atoms with Crippen LogP contribution in [0.2, 0.25) is 5.02 Å². The molecule has 6 nitrogen and oxygen atoms in total. The van der Waals surface area contributed by atoms with Crippen LogP contribution in [0.4, 0.5) is 5.69 Å². The molecule has 0 aromatic heterocycles. The summed E-state index contributed by atoms with van der Waals surface area (Å²) in [7, 11) is 1.90. The van der Waals surface area contributed by atoms with Gasteiger partial charge in [0.15, 0.2) is 5.96 Å². The lowest BCUT2D eigenvalue weighted by atomic mass is 9.87. The molecular formula is C22H35ClIN5O. The smallest absolute Gasteiger partial charge is 0.193 e. The summed E-state index contributed by atoms with van der Waals surface area (Å²) < 4.78 is 5.65. The quantitative estimate of drug-likeness (QED) is 0.266. The van der Waals surface area contributed by atoms with Crippen molar-refractivity contribution in [2.75, 3.05) is 77.5 Å². The molecule has 0 amide bonds. The fourth-order valence-corrected chi connectivity index (χ4v) is 5.10. The van der Waals surface area contributed by atoms with Gasteiger partial charge in [-0.05, 0) is 37.9 Å². The molecule has 8 heteroatoms. The van der Waals surface area contributed by atoms with Crippen molar-refractivity contribution < 1.29 is 4.74 Å². The van der Waals surface area contributed by atoms with Gasteiger partial charge in [-0.15, -0.1) is 24.0 Å². The molecule has 1 atom stereocenters. The Balaban J connectivity index is 0.00000256. The minimum absolute atomic E-state index is 0. The van der Waals surface area contributed by atoms with Crippen molar-refractivity contribution in [3.8, 4) is 0 Å². The Morgan fingerprint density at radius 1 is 1.17 bits per heavy atom. The van der Waals surface area contributed by atoms with Crippen LogP contribution >= 0.6 is 35.6 Å². The van der Waals surface area contributed by atoms with E-state index in [9.17, 15) is 0 Å². The first-order valence-corrected chi connectivity index (χ1v) is 11.3. The Hall–Kier alpha value is -0.770. The van der Waals surface area contributed by atoms with E-state index in [1.165, 1.54) is 12.8 Å². The number of aliphatic imine (C=N–C) groups is 1. The second-order valence-corrected chi connectivity index (χ2v) is 8.99. The molecule has 168 valence electrons. The van der Waals surface area contributed by atoms with Crippen LogP contribution in [0, 0.1) is 5.41 Å². The lowest BCUT2D eigenvalue weighted by Crippen LogP contribution is -2.47. The predicted molar refractivity (Wildman–Crippen MR) is 136 cm³/mol. The predicted octanol–water partition coefficient (Wildman–Crippen LogP) is 3.16. The highest BCUT2D eigenvalue weighted by molar-refractivity contribution is 14.0. The number of hydrogen-bond acceptors (Lipinski definition) is 4. The van der Waals surface area contributed by atoms with Crippen LogP contribution in [0.15, 0.2) is 29.3 Å². The molecule has 1 aromatic rings. The first kappa shape index (κ1) is 23.9. The largest absolute Gasteiger partial charge is 0.381 e. The number of likely N-dealkylation sites (tertiary alicyclic amines) is 1. The van der Waals surface area contributed by atoms with Crippen LogP contribution in [-0.4, -0.2) is 88.4 Å². The number of halogens is 2. The van der Waals surface area contributed by atoms with Gasteiger partial charge < -0.3 is 19.9 Å². The molecular weight excluding hydrogens is 513 g/mol. The average Bonchev–Trinajstić information content (AvgIpc) is 3.39. The van der Waals surface area contributed by atoms with Gasteiger partial charge in [0.25, 0.3) is 0 Å². The van der Waals surface area contributed by atoms with Crippen molar-refractivity contribution >= 4 is 47.2 Å². The molecule has 30 heavy (non-hydrogen) atoms. The molecule has 1 N–H and O–H groups in total. The highest BCUT2D eigenvalue weighted by Crippen LogP contribution is 2.38. The third kappa shape index (κ3) is 5.72. The Bertz CT molecular complexity index is 705. The number of nitrogens with zero attached hydrogens (tertiary/aromatic N) is 4. The second-order valence-electron chi connectivity index (χ2n) is 8.58. The summed E-state index contributed by atoms with van der Waals surface area (Å²) in [4.78, 5) is 11.9. The van der Waals surface area contributed by atoms with Crippen molar-refractivity contribution in [1.82, 2.24) is 15.1 Å². The normalized spacial score (nSPS) is 25.1. The molecule has 4 rings (SSSR count). The van der Waals surface area contributed by atoms with Crippen molar-refractivity contribution in [2.24, 2.45) is 10.4 Å². The Morgan fingerprint density at radius 3 is 2.67 bits per heavy atom. The Morgan fingerprint density at radius 2 is 1.97 bits per heavy atom. The fraction of sp³-hybridized carbons (Fsp3) is 0.682. The molecule has 3 fully saturated rings. The Labute approximate surface area is 203 Å². The maximum Gasteiger partial charge on any atom is 0.193 e. The maximum absolute atomic E-state index is 6.35. The van der Waals surface area contributed by atoms with E-state index in [0.717, 1.165) is 88.7 Å². The van der Waals surface area contributed by atoms with E-state index >= 15 is 0 Å². The van der Waals surface area contributed by atoms with E-state index < -0.39 is 0 Å². The van der Waals surface area contributed by atoms with Gasteiger partial charge in [-0.2, -0.15) is 0 Å². The van der Waals surface area contributed by atoms with Gasteiger partial charge in [-0.3, -0.25) is 9.89 Å². The van der Waals surface area contributed by atoms with Gasteiger partial charge in [0, 0.05) is 64.9 Å². The van der Waals surface area contributed by atoms with Gasteiger partial charge in [0.1, 0.15) is 0 Å². The van der Waals surface area contributed by atoms with Crippen molar-refractivity contribution in [1.29, 1.82) is 0 Å². The lowest BCUT2D eigenvalue weighted by molar-refractivity contribution is 0.156. The number of para-hydroxylation sites is 1. The number of guanidine groups is 1. The molecule has 0 bridgehead atoms. The highest BCUT2D eigenvalue weighted by atomic mass is 127. The molecule has 3 aliphatic heterocycles. The standard InChI is InChI=1S/C22H34ClN5O.HI/c1-24-21(28-11-7-22(17-28)8-16-29-18-22)25-9-4-10-26-12-14-27(15-13-26)20-6-3-2-5-19(20)23;/h2-3,5-6H,4,7-18H2,1H3,(H,24,25);1H. The third-order valence-electron chi connectivity index (χ3n) is 6.63. The zero-order chi connectivity index (χ0) is 20.1. The van der Waals surface area contributed by atoms with E-state index in [2.05, 4.69) is 37.1 Å². The van der Waals surface area contributed by atoms with Gasteiger partial charge in [-0.1, -0.05) is 23.7 Å². The van der Waals surface area contributed by atoms with Crippen LogP contribution in [-0.2, 0) is 4.74 Å². The summed E-state index contributed by atoms with van der Waals surface area (Å²) >= 11 is 6.35. The summed E-state index contributed by atoms with van der Waals surface area (Å²) in [5.74, 6) is 1.05. The lowest BCUT2D eigenvalue weighted by Gasteiger charge is -2.36. The molecule has 1 spiro atoms. The molecule has 3 aliphatic rings. The maximum atomic E-state index is 6.35. The molecule has 0 saturated carbocycles. The number of rotatable bonds is 5. The monoisotopic (exact) mass is 547 g/mol. The number of ether oxygens (including phenoxy) is 1. The summed E-state index contributed by atoms with van der Waals surface area (Å²) in [6.45, 7) is 10.4. The first-order valence-electron chi connectivity index (χ1n) is 10.9. The number of nitrogens with one attached hydrogen (secondary N) is 1. The minimum Gasteiger partial charge on any atom is -0.381 e. The Kier molecular flexibility index (Phi) is 8.92. The highest BCUT2D eigenvalue weighted by Gasteiger charge is 2.42. The summed E-state index contributed by atoms with van der Waals surface area (Å²) in [6.07, 6.45) is 3.55. The molecule has 1 unspecified atom stereocenters. The van der Waals surface area contributed by atoms with Crippen LogP contribution in [0.3, 0.4) is 0 Å². The number of piperazine rings is 1. The van der Waals surface area contributed by atoms with E-state index in [1.807, 2.05) is 19.2 Å². The van der Waals surface area contributed by atoms with Crippen LogP contribution in [0.5, 0.6) is 0 Å². The van der Waals surface area contributed by atoms with Gasteiger partial charge in [0.05, 0.1) is 17.3 Å². The molecule has 3 saturated heterocycles. The van der Waals surface area contributed by atoms with E-state index in [1.54, 1.807) is 0 Å². The first-order chi connectivity index (χ1) is 14.2. The summed E-state index contributed by atoms with van der Waals surface area (Å²) in [5.41, 5.74) is 1.54. The van der Waals surface area contributed by atoms with Gasteiger partial charge in [-0.25, -0.2) is 0 Å². The molecule has 0 radical (unpaired) electrons. The second kappa shape index (κ2) is 11.2. The summed E-state index contributed by atoms with van der Waals surface area (Å²) in [6, 6.07) is 8.15. The van der Waals surface area contributed by atoms with Crippen LogP contribution in [0.25, 0.3) is 0 Å². The molecule has 1 aromatic carbocycles. The van der Waals surface area contributed by atoms with Crippen molar-refractivity contribution in [2.45, 2.75) is 19.3 Å². The zero-order valence-corrected chi connectivity index (χ0v) is 21.1. The number of benzene rings is 1. The molecule has 3 heterocycles. The third-order valence-corrected chi connectivity index (χ3v) is 6.95. The SMILES string of the molecule is CN=C(NCCCN1CCN(c2ccccc2Cl)CC1)N1CCC2(CCOC2)C1.I. The average molecular weight is 548 g/mol. The van der Waals surface area contributed by atoms with Gasteiger partial charge in [0.2, 0.25) is 0 Å². The summed E-state index contributed by atoms with van der Waals surface area (Å²) in [5, 5.41) is 4.43.